The van der Waals surface area contributed by atoms with Gasteiger partial charge < -0.3 is 24.8 Å². The fourth-order valence-corrected chi connectivity index (χ4v) is 2.94. The smallest absolute Gasteiger partial charge is 0.246 e. The van der Waals surface area contributed by atoms with Gasteiger partial charge in [-0.25, -0.2) is 0 Å². The SMILES string of the molecule is COCC(=O)N[C@@H]1C=C[C@H](CC(=O)N2CCCCC2)O[C@@H]1CO. The number of carbonyl (C=O) groups excluding carboxylic acids is 2. The predicted octanol–water partition coefficient (Wildman–Crippen LogP) is -0.164. The summed E-state index contributed by atoms with van der Waals surface area (Å²) in [6.07, 6.45) is 6.21. The highest BCUT2D eigenvalue weighted by Crippen LogP contribution is 2.18. The Morgan fingerprint density at radius 2 is 2.04 bits per heavy atom. The Morgan fingerprint density at radius 3 is 2.70 bits per heavy atom. The van der Waals surface area contributed by atoms with Gasteiger partial charge in [-0.2, -0.15) is 0 Å². The first-order valence-corrected chi connectivity index (χ1v) is 8.14. The van der Waals surface area contributed by atoms with Crippen LogP contribution in [0.25, 0.3) is 0 Å². The van der Waals surface area contributed by atoms with Crippen LogP contribution in [0.3, 0.4) is 0 Å². The lowest BCUT2D eigenvalue weighted by Crippen LogP contribution is -2.50. The summed E-state index contributed by atoms with van der Waals surface area (Å²) in [4.78, 5) is 25.7. The molecule has 2 aliphatic rings. The van der Waals surface area contributed by atoms with Crippen molar-refractivity contribution in [2.75, 3.05) is 33.4 Å². The molecule has 2 rings (SSSR count). The third kappa shape index (κ3) is 5.30. The van der Waals surface area contributed by atoms with Crippen LogP contribution >= 0.6 is 0 Å². The number of nitrogens with one attached hydrogen (secondary N) is 1. The fraction of sp³-hybridized carbons (Fsp3) is 0.750. The Balaban J connectivity index is 1.87. The van der Waals surface area contributed by atoms with Crippen molar-refractivity contribution < 1.29 is 24.2 Å². The van der Waals surface area contributed by atoms with Gasteiger partial charge in [-0.1, -0.05) is 12.2 Å². The average Bonchev–Trinajstić information content (AvgIpc) is 2.57. The number of aliphatic hydroxyl groups excluding tert-OH is 1. The second kappa shape index (κ2) is 9.00. The van der Waals surface area contributed by atoms with E-state index in [1.807, 2.05) is 4.90 Å². The van der Waals surface area contributed by atoms with Gasteiger partial charge in [0.15, 0.2) is 0 Å². The average molecular weight is 326 g/mol. The van der Waals surface area contributed by atoms with E-state index in [2.05, 4.69) is 5.32 Å². The highest BCUT2D eigenvalue weighted by Gasteiger charge is 2.30. The predicted molar refractivity (Wildman–Crippen MR) is 83.7 cm³/mol. The van der Waals surface area contributed by atoms with E-state index in [9.17, 15) is 14.7 Å². The summed E-state index contributed by atoms with van der Waals surface area (Å²) in [6.45, 7) is 1.36. The van der Waals surface area contributed by atoms with Gasteiger partial charge in [0, 0.05) is 20.2 Å². The molecule has 130 valence electrons. The number of likely N-dealkylation sites (tertiary alicyclic amines) is 1. The van der Waals surface area contributed by atoms with Gasteiger partial charge >= 0.3 is 0 Å². The molecule has 2 N–H and O–H groups in total. The Hall–Kier alpha value is -1.44. The van der Waals surface area contributed by atoms with Crippen LogP contribution in [0.1, 0.15) is 25.7 Å². The van der Waals surface area contributed by atoms with Crippen molar-refractivity contribution in [3.63, 3.8) is 0 Å². The van der Waals surface area contributed by atoms with Crippen LogP contribution < -0.4 is 5.32 Å². The van der Waals surface area contributed by atoms with Crippen molar-refractivity contribution in [3.8, 4) is 0 Å². The molecule has 2 heterocycles. The Bertz CT molecular complexity index is 434. The van der Waals surface area contributed by atoms with Crippen LogP contribution in [0.15, 0.2) is 12.2 Å². The molecule has 0 unspecified atom stereocenters. The maximum atomic E-state index is 12.3. The van der Waals surface area contributed by atoms with Gasteiger partial charge in [0.1, 0.15) is 12.7 Å². The zero-order valence-electron chi connectivity index (χ0n) is 13.6. The molecule has 0 saturated carbocycles. The van der Waals surface area contributed by atoms with Gasteiger partial charge in [-0.15, -0.1) is 0 Å². The van der Waals surface area contributed by atoms with Crippen molar-refractivity contribution in [2.45, 2.75) is 43.9 Å². The van der Waals surface area contributed by atoms with Gasteiger partial charge in [0.25, 0.3) is 0 Å². The maximum Gasteiger partial charge on any atom is 0.246 e. The molecule has 0 bridgehead atoms. The van der Waals surface area contributed by atoms with Crippen LogP contribution in [-0.2, 0) is 19.1 Å². The lowest BCUT2D eigenvalue weighted by molar-refractivity contribution is -0.137. The van der Waals surface area contributed by atoms with Crippen molar-refractivity contribution in [1.29, 1.82) is 0 Å². The number of hydrogen-bond acceptors (Lipinski definition) is 5. The van der Waals surface area contributed by atoms with Crippen molar-refractivity contribution in [3.05, 3.63) is 12.2 Å². The summed E-state index contributed by atoms with van der Waals surface area (Å²) in [5.41, 5.74) is 0. The van der Waals surface area contributed by atoms with Crippen LogP contribution in [-0.4, -0.2) is 73.5 Å². The van der Waals surface area contributed by atoms with Gasteiger partial charge in [0.05, 0.1) is 25.2 Å². The molecule has 0 aromatic carbocycles. The molecule has 0 radical (unpaired) electrons. The standard InChI is InChI=1S/C16H26N2O5/c1-22-11-15(20)17-13-6-5-12(23-14(13)10-19)9-16(21)18-7-3-2-4-8-18/h5-6,12-14,19H,2-4,7-11H2,1H3,(H,17,20)/t12-,13-,14-/m1/s1. The Kier molecular flexibility index (Phi) is 7.01. The number of nitrogens with zero attached hydrogens (tertiary/aromatic N) is 1. The van der Waals surface area contributed by atoms with Crippen LogP contribution in [0.2, 0.25) is 0 Å². The second-order valence-corrected chi connectivity index (χ2v) is 5.95. The van der Waals surface area contributed by atoms with Gasteiger partial charge in [0.2, 0.25) is 11.8 Å². The van der Waals surface area contributed by atoms with Crippen molar-refractivity contribution in [2.24, 2.45) is 0 Å². The summed E-state index contributed by atoms with van der Waals surface area (Å²) in [6, 6.07) is -0.413. The number of methoxy groups -OCH3 is 1. The molecule has 0 aromatic heterocycles. The minimum atomic E-state index is -0.556. The van der Waals surface area contributed by atoms with E-state index in [1.54, 1.807) is 12.2 Å². The van der Waals surface area contributed by atoms with Gasteiger partial charge in [-0.05, 0) is 19.3 Å². The Labute approximate surface area is 136 Å². The van der Waals surface area contributed by atoms with Crippen LogP contribution in [0.5, 0.6) is 0 Å². The van der Waals surface area contributed by atoms with Crippen LogP contribution in [0, 0.1) is 0 Å². The third-order valence-corrected chi connectivity index (χ3v) is 4.15. The molecule has 2 aliphatic heterocycles. The molecular formula is C16H26N2O5. The number of amides is 2. The van der Waals surface area contributed by atoms with E-state index in [-0.39, 0.29) is 37.6 Å². The first-order valence-electron chi connectivity index (χ1n) is 8.14. The molecule has 7 heteroatoms. The van der Waals surface area contributed by atoms with Crippen LogP contribution in [0.4, 0.5) is 0 Å². The largest absolute Gasteiger partial charge is 0.394 e. The van der Waals surface area contributed by atoms with E-state index >= 15 is 0 Å². The molecule has 7 nitrogen and oxygen atoms in total. The summed E-state index contributed by atoms with van der Waals surface area (Å²) in [5.74, 6) is -0.190. The molecule has 23 heavy (non-hydrogen) atoms. The first kappa shape index (κ1) is 17.9. The third-order valence-electron chi connectivity index (χ3n) is 4.15. The summed E-state index contributed by atoms with van der Waals surface area (Å²) in [7, 11) is 1.44. The molecule has 2 amide bonds. The fourth-order valence-electron chi connectivity index (χ4n) is 2.94. The number of aliphatic hydroxyl groups is 1. The topological polar surface area (TPSA) is 88.1 Å². The molecular weight excluding hydrogens is 300 g/mol. The lowest BCUT2D eigenvalue weighted by Gasteiger charge is -2.33. The summed E-state index contributed by atoms with van der Waals surface area (Å²) in [5, 5.41) is 12.2. The summed E-state index contributed by atoms with van der Waals surface area (Å²) >= 11 is 0. The molecule has 1 saturated heterocycles. The van der Waals surface area contributed by atoms with E-state index in [0.717, 1.165) is 25.9 Å². The van der Waals surface area contributed by atoms with Gasteiger partial charge in [-0.3, -0.25) is 9.59 Å². The highest BCUT2D eigenvalue weighted by molar-refractivity contribution is 5.78. The van der Waals surface area contributed by atoms with E-state index in [4.69, 9.17) is 9.47 Å². The zero-order valence-corrected chi connectivity index (χ0v) is 13.6. The molecule has 0 spiro atoms. The normalized spacial score (nSPS) is 27.7. The number of ether oxygens (including phenoxy) is 2. The lowest BCUT2D eigenvalue weighted by atomic mass is 10.0. The number of carbonyl (C=O) groups is 2. The van der Waals surface area contributed by atoms with Crippen molar-refractivity contribution in [1.82, 2.24) is 10.2 Å². The van der Waals surface area contributed by atoms with E-state index < -0.39 is 12.1 Å². The number of piperidine rings is 1. The first-order chi connectivity index (χ1) is 11.1. The maximum absolute atomic E-state index is 12.3. The van der Waals surface area contributed by atoms with Crippen molar-refractivity contribution >= 4 is 11.8 Å². The monoisotopic (exact) mass is 326 g/mol. The Morgan fingerprint density at radius 1 is 1.30 bits per heavy atom. The zero-order chi connectivity index (χ0) is 16.7. The van der Waals surface area contributed by atoms with E-state index in [1.165, 1.54) is 13.5 Å². The molecule has 0 aromatic rings. The second-order valence-electron chi connectivity index (χ2n) is 5.95. The summed E-state index contributed by atoms with van der Waals surface area (Å²) < 4.78 is 10.5. The minimum Gasteiger partial charge on any atom is -0.394 e. The minimum absolute atomic E-state index is 0.0423. The highest BCUT2D eigenvalue weighted by atomic mass is 16.5. The molecule has 1 fully saturated rings. The molecule has 3 atom stereocenters. The molecule has 0 aliphatic carbocycles. The quantitative estimate of drug-likeness (QED) is 0.662. The van der Waals surface area contributed by atoms with E-state index in [0.29, 0.717) is 0 Å². The number of rotatable bonds is 6. The number of hydrogen-bond donors (Lipinski definition) is 2.